The second-order valence-corrected chi connectivity index (χ2v) is 6.80. The summed E-state index contributed by atoms with van der Waals surface area (Å²) in [5.74, 6) is 1.85. The van der Waals surface area contributed by atoms with E-state index in [-0.39, 0.29) is 0 Å². The third-order valence-corrected chi connectivity index (χ3v) is 4.75. The number of hydrogen-bond acceptors (Lipinski definition) is 4. The zero-order chi connectivity index (χ0) is 20.8. The summed E-state index contributed by atoms with van der Waals surface area (Å²) in [6.07, 6.45) is 15.5. The van der Waals surface area contributed by atoms with Crippen molar-refractivity contribution in [1.82, 2.24) is 19.9 Å². The quantitative estimate of drug-likeness (QED) is 0.478. The molecule has 0 aliphatic heterocycles. The molecule has 0 spiro atoms. The van der Waals surface area contributed by atoms with Crippen LogP contribution in [0.25, 0.3) is 33.8 Å². The Balaban J connectivity index is 1.86. The molecular weight excluding hydrogens is 368 g/mol. The fourth-order valence-electron chi connectivity index (χ4n) is 3.25. The monoisotopic (exact) mass is 390 g/mol. The molecule has 2 heterocycles. The van der Waals surface area contributed by atoms with Gasteiger partial charge in [0.2, 0.25) is 0 Å². The third-order valence-electron chi connectivity index (χ3n) is 4.75. The third kappa shape index (κ3) is 4.23. The minimum Gasteiger partial charge on any atom is -0.256 e. The van der Waals surface area contributed by atoms with Crippen LogP contribution in [-0.4, -0.2) is 19.9 Å². The fourth-order valence-corrected chi connectivity index (χ4v) is 3.25. The molecule has 0 saturated carbocycles. The number of nitrogens with zero attached hydrogens (tertiary/aromatic N) is 4. The first kappa shape index (κ1) is 19.4. The molecule has 4 heteroatoms. The first-order chi connectivity index (χ1) is 14.8. The molecule has 4 rings (SSSR count). The number of allylic oxidation sites excluding steroid dienone is 8. The van der Waals surface area contributed by atoms with E-state index >= 15 is 0 Å². The molecule has 0 atom stereocenters. The van der Waals surface area contributed by atoms with Crippen LogP contribution in [0, 0.1) is 0 Å². The van der Waals surface area contributed by atoms with Crippen LogP contribution in [0.5, 0.6) is 0 Å². The molecule has 0 bridgehead atoms. The van der Waals surface area contributed by atoms with Crippen molar-refractivity contribution in [1.29, 1.82) is 0 Å². The summed E-state index contributed by atoms with van der Waals surface area (Å²) < 4.78 is 0. The van der Waals surface area contributed by atoms with Gasteiger partial charge in [-0.15, -0.1) is 0 Å². The lowest BCUT2D eigenvalue weighted by Crippen LogP contribution is -2.05. The Kier molecular flexibility index (Phi) is 5.85. The highest BCUT2D eigenvalue weighted by Crippen LogP contribution is 2.26. The molecule has 0 amide bonds. The fraction of sp³-hybridized carbons (Fsp3) is 0.0769. The Morgan fingerprint density at radius 2 is 1.77 bits per heavy atom. The molecule has 0 saturated heterocycles. The van der Waals surface area contributed by atoms with Gasteiger partial charge in [0.1, 0.15) is 0 Å². The van der Waals surface area contributed by atoms with Crippen LogP contribution in [0.4, 0.5) is 0 Å². The van der Waals surface area contributed by atoms with Gasteiger partial charge >= 0.3 is 0 Å². The lowest BCUT2D eigenvalue weighted by Gasteiger charge is -2.11. The zero-order valence-electron chi connectivity index (χ0n) is 16.7. The molecule has 0 fully saturated rings. The topological polar surface area (TPSA) is 51.6 Å². The van der Waals surface area contributed by atoms with Crippen molar-refractivity contribution >= 4 is 11.1 Å². The minimum absolute atomic E-state index is 0.577. The average molecular weight is 390 g/mol. The highest BCUT2D eigenvalue weighted by atomic mass is 15.0. The van der Waals surface area contributed by atoms with Crippen LogP contribution in [0.3, 0.4) is 0 Å². The summed E-state index contributed by atoms with van der Waals surface area (Å²) in [6.45, 7) is 7.69. The van der Waals surface area contributed by atoms with E-state index in [0.29, 0.717) is 17.5 Å². The van der Waals surface area contributed by atoms with Crippen LogP contribution < -0.4 is 0 Å². The number of rotatable bonds is 6. The molecule has 2 aromatic heterocycles. The maximum absolute atomic E-state index is 4.79. The van der Waals surface area contributed by atoms with Crippen molar-refractivity contribution < 1.29 is 0 Å². The van der Waals surface area contributed by atoms with Crippen molar-refractivity contribution in [3.8, 4) is 22.6 Å². The van der Waals surface area contributed by atoms with Crippen LogP contribution >= 0.6 is 0 Å². The van der Waals surface area contributed by atoms with E-state index in [1.54, 1.807) is 18.3 Å². The normalized spacial score (nSPS) is 13.6. The lowest BCUT2D eigenvalue weighted by atomic mass is 10.1. The summed E-state index contributed by atoms with van der Waals surface area (Å²) in [5, 5.41) is 0. The first-order valence-electron chi connectivity index (χ1n) is 9.89. The van der Waals surface area contributed by atoms with Crippen LogP contribution in [-0.2, 0) is 0 Å². The van der Waals surface area contributed by atoms with Crippen LogP contribution in [0.1, 0.15) is 24.5 Å². The van der Waals surface area contributed by atoms with Gasteiger partial charge in [-0.3, -0.25) is 4.98 Å². The van der Waals surface area contributed by atoms with E-state index in [9.17, 15) is 0 Å². The van der Waals surface area contributed by atoms with Gasteiger partial charge in [0, 0.05) is 28.5 Å². The summed E-state index contributed by atoms with van der Waals surface area (Å²) in [5.41, 5.74) is 4.64. The average Bonchev–Trinajstić information content (AvgIpc) is 2.83. The summed E-state index contributed by atoms with van der Waals surface area (Å²) in [6, 6.07) is 14.0. The van der Waals surface area contributed by atoms with E-state index in [2.05, 4.69) is 42.4 Å². The molecule has 0 N–H and O–H groups in total. The van der Waals surface area contributed by atoms with E-state index in [4.69, 9.17) is 15.0 Å². The van der Waals surface area contributed by atoms with E-state index < -0.39 is 0 Å². The second-order valence-electron chi connectivity index (χ2n) is 6.80. The highest BCUT2D eigenvalue weighted by molar-refractivity contribution is 5.76. The predicted molar refractivity (Wildman–Crippen MR) is 123 cm³/mol. The molecule has 1 aliphatic carbocycles. The standard InChI is InChI=1S/C26H22N4/c1-3-11-19(4-2)24-28-25(20-12-6-5-7-13-20)30-26(29-24)22-15-10-14-21(18-22)23-16-8-9-17-27-23/h3-4,6,8-18H,1-2,5,7H2/b19-11+. The predicted octanol–water partition coefficient (Wildman–Crippen LogP) is 6.09. The molecule has 1 aromatic carbocycles. The number of pyridine rings is 1. The Bertz CT molecular complexity index is 1170. The number of hydrogen-bond donors (Lipinski definition) is 0. The number of benzene rings is 1. The molecule has 0 unspecified atom stereocenters. The van der Waals surface area contributed by atoms with Crippen molar-refractivity contribution in [2.75, 3.05) is 0 Å². The Labute approximate surface area is 176 Å². The molecule has 3 aromatic rings. The molecule has 30 heavy (non-hydrogen) atoms. The largest absolute Gasteiger partial charge is 0.256 e. The van der Waals surface area contributed by atoms with Crippen LogP contribution in [0.15, 0.2) is 98.3 Å². The van der Waals surface area contributed by atoms with Gasteiger partial charge in [-0.05, 0) is 31.0 Å². The van der Waals surface area contributed by atoms with Gasteiger partial charge in [-0.1, -0.05) is 73.9 Å². The summed E-state index contributed by atoms with van der Waals surface area (Å²) >= 11 is 0. The molecule has 146 valence electrons. The van der Waals surface area contributed by atoms with Crippen LogP contribution in [0.2, 0.25) is 0 Å². The van der Waals surface area contributed by atoms with E-state index in [1.807, 2.05) is 42.5 Å². The maximum Gasteiger partial charge on any atom is 0.164 e. The summed E-state index contributed by atoms with van der Waals surface area (Å²) in [7, 11) is 0. The van der Waals surface area contributed by atoms with Crippen molar-refractivity contribution in [3.05, 3.63) is 110 Å². The van der Waals surface area contributed by atoms with Gasteiger partial charge in [0.15, 0.2) is 17.5 Å². The van der Waals surface area contributed by atoms with Gasteiger partial charge < -0.3 is 0 Å². The van der Waals surface area contributed by atoms with Gasteiger partial charge in [-0.25, -0.2) is 15.0 Å². The second kappa shape index (κ2) is 9.05. The smallest absolute Gasteiger partial charge is 0.164 e. The Morgan fingerprint density at radius 1 is 0.900 bits per heavy atom. The SMILES string of the molecule is C=C/C=C(\C=C)c1nc(C2=CCCC=C2)nc(-c2cccc(-c3ccccn3)c2)n1. The molecule has 4 nitrogen and oxygen atoms in total. The maximum atomic E-state index is 4.79. The molecular formula is C26H22N4. The Morgan fingerprint density at radius 3 is 2.50 bits per heavy atom. The van der Waals surface area contributed by atoms with Crippen molar-refractivity contribution in [2.45, 2.75) is 12.8 Å². The number of aromatic nitrogens is 4. The van der Waals surface area contributed by atoms with Crippen molar-refractivity contribution in [3.63, 3.8) is 0 Å². The van der Waals surface area contributed by atoms with Gasteiger partial charge in [0.05, 0.1) is 5.69 Å². The Hall–Kier alpha value is -3.92. The minimum atomic E-state index is 0.577. The molecule has 0 radical (unpaired) electrons. The van der Waals surface area contributed by atoms with Gasteiger partial charge in [0.25, 0.3) is 0 Å². The molecule has 1 aliphatic rings. The lowest BCUT2D eigenvalue weighted by molar-refractivity contribution is 0.985. The van der Waals surface area contributed by atoms with E-state index in [0.717, 1.165) is 40.8 Å². The van der Waals surface area contributed by atoms with Crippen molar-refractivity contribution in [2.24, 2.45) is 0 Å². The highest BCUT2D eigenvalue weighted by Gasteiger charge is 2.14. The summed E-state index contributed by atoms with van der Waals surface area (Å²) in [4.78, 5) is 18.7. The van der Waals surface area contributed by atoms with E-state index in [1.165, 1.54) is 0 Å². The van der Waals surface area contributed by atoms with Gasteiger partial charge in [-0.2, -0.15) is 0 Å². The first-order valence-corrected chi connectivity index (χ1v) is 9.89. The zero-order valence-corrected chi connectivity index (χ0v) is 16.7.